The quantitative estimate of drug-likeness (QED) is 0.352. The monoisotopic (exact) mass is 589 g/mol. The summed E-state index contributed by atoms with van der Waals surface area (Å²) in [5, 5.41) is 12.9. The second-order valence-electron chi connectivity index (χ2n) is 8.71. The molecule has 2 N–H and O–H groups in total. The fraction of sp³-hybridized carbons (Fsp3) is 0.318. The Labute approximate surface area is 223 Å². The Hall–Kier alpha value is -3.54. The Bertz CT molecular complexity index is 1620. The van der Waals surface area contributed by atoms with E-state index in [0.717, 1.165) is 36.9 Å². The van der Waals surface area contributed by atoms with Gasteiger partial charge in [-0.15, -0.1) is 0 Å². The van der Waals surface area contributed by atoms with Crippen molar-refractivity contribution in [1.82, 2.24) is 19.3 Å². The van der Waals surface area contributed by atoms with E-state index in [-0.39, 0.29) is 27.6 Å². The van der Waals surface area contributed by atoms with Crippen molar-refractivity contribution < 1.29 is 36.8 Å². The summed E-state index contributed by atoms with van der Waals surface area (Å²) in [6.07, 6.45) is 0.719. The first-order chi connectivity index (χ1) is 17.9. The number of hydrogen-bond acceptors (Lipinski definition) is 8. The van der Waals surface area contributed by atoms with Crippen molar-refractivity contribution in [2.75, 3.05) is 0 Å². The summed E-state index contributed by atoms with van der Waals surface area (Å²) in [5.74, 6) is -4.80. The highest BCUT2D eigenvalue weighted by atomic mass is 35.5. The van der Waals surface area contributed by atoms with Gasteiger partial charge in [-0.3, -0.25) is 18.7 Å². The highest BCUT2D eigenvalue weighted by Crippen LogP contribution is 2.36. The Morgan fingerprint density at radius 1 is 1.13 bits per heavy atom. The van der Waals surface area contributed by atoms with Crippen molar-refractivity contribution in [2.45, 2.75) is 45.6 Å². The van der Waals surface area contributed by atoms with Crippen LogP contribution in [0.3, 0.4) is 0 Å². The van der Waals surface area contributed by atoms with Gasteiger partial charge in [0.05, 0.1) is 30.2 Å². The minimum atomic E-state index is -5.04. The zero-order chi connectivity index (χ0) is 29.3. The maximum absolute atomic E-state index is 14.7. The molecule has 17 heteroatoms. The lowest BCUT2D eigenvalue weighted by Gasteiger charge is -2.19. The van der Waals surface area contributed by atoms with Gasteiger partial charge in [0.2, 0.25) is 5.75 Å². The van der Waals surface area contributed by atoms with Gasteiger partial charge < -0.3 is 14.5 Å². The number of ether oxygens (including phenoxy) is 1. The number of benzene rings is 1. The van der Waals surface area contributed by atoms with Crippen molar-refractivity contribution in [3.63, 3.8) is 0 Å². The van der Waals surface area contributed by atoms with Crippen molar-refractivity contribution in [3.05, 3.63) is 78.8 Å². The third kappa shape index (κ3) is 7.53. The number of phosphoric acid groups is 1. The van der Waals surface area contributed by atoms with Gasteiger partial charge in [-0.1, -0.05) is 11.6 Å². The van der Waals surface area contributed by atoms with Crippen LogP contribution < -0.4 is 15.9 Å². The molecule has 0 aliphatic heterocycles. The largest absolute Gasteiger partial charge is 0.471 e. The topological polar surface area (TPSA) is 170 Å². The van der Waals surface area contributed by atoms with Crippen LogP contribution in [0.15, 0.2) is 40.2 Å². The first-order valence-electron chi connectivity index (χ1n) is 10.8. The van der Waals surface area contributed by atoms with Gasteiger partial charge in [-0.05, 0) is 38.1 Å². The molecule has 208 valence electrons. The molecule has 2 heterocycles. The lowest BCUT2D eigenvalue weighted by atomic mass is 10.1. The molecule has 0 aliphatic rings. The fourth-order valence-corrected chi connectivity index (χ4v) is 3.68. The van der Waals surface area contributed by atoms with Crippen LogP contribution in [0.2, 0.25) is 5.02 Å². The third-order valence-electron chi connectivity index (χ3n) is 4.98. The van der Waals surface area contributed by atoms with E-state index in [0.29, 0.717) is 11.6 Å². The van der Waals surface area contributed by atoms with Gasteiger partial charge in [0.1, 0.15) is 11.4 Å². The minimum absolute atomic E-state index is 0.0164. The van der Waals surface area contributed by atoms with Crippen LogP contribution in [0.4, 0.5) is 13.2 Å². The first-order valence-corrected chi connectivity index (χ1v) is 12.7. The second kappa shape index (κ2) is 10.9. The Morgan fingerprint density at radius 3 is 2.36 bits per heavy atom. The predicted molar refractivity (Wildman–Crippen MR) is 129 cm³/mol. The number of nitriles is 1. The van der Waals surface area contributed by atoms with E-state index in [1.54, 1.807) is 6.07 Å². The summed E-state index contributed by atoms with van der Waals surface area (Å²) in [6, 6.07) is 6.41. The van der Waals surface area contributed by atoms with Gasteiger partial charge in [0.15, 0.2) is 12.4 Å². The summed E-state index contributed by atoms with van der Waals surface area (Å²) in [4.78, 5) is 47.7. The predicted octanol–water partition coefficient (Wildman–Crippen LogP) is 3.55. The van der Waals surface area contributed by atoms with E-state index in [1.165, 1.54) is 12.1 Å². The zero-order valence-electron chi connectivity index (χ0n) is 20.4. The molecule has 2 aromatic heterocycles. The standard InChI is InChI=1S/C22H20ClF3N5O7P/c1-21(2,24)16-6-13(19(32)31(29-16)11-37-39(34,35)36)9-30-10-28-18(22(3,25)26)17(20(30)33)38-15-5-12(8-27)4-14(23)7-15/h4-7,10H,9,11H2,1-3H3,(H2,34,35,36). The van der Waals surface area contributed by atoms with Gasteiger partial charge in [0, 0.05) is 17.5 Å². The molecule has 0 bridgehead atoms. The SMILES string of the molecule is CC(C)(F)c1cc(Cn2cnc(C(C)(F)F)c(Oc3cc(Cl)cc(C#N)c3)c2=O)c(=O)n(COP(=O)(O)O)n1. The lowest BCUT2D eigenvalue weighted by molar-refractivity contribution is 0.0101. The Kier molecular flexibility index (Phi) is 8.40. The number of nitrogens with zero attached hydrogens (tertiary/aromatic N) is 5. The molecule has 39 heavy (non-hydrogen) atoms. The number of phosphoric ester groups is 1. The first kappa shape index (κ1) is 30.0. The highest BCUT2D eigenvalue weighted by Gasteiger charge is 2.34. The van der Waals surface area contributed by atoms with Gasteiger partial charge in [0.25, 0.3) is 17.0 Å². The summed E-state index contributed by atoms with van der Waals surface area (Å²) < 4.78 is 65.3. The van der Waals surface area contributed by atoms with Gasteiger partial charge in [-0.25, -0.2) is 18.6 Å². The van der Waals surface area contributed by atoms with E-state index < -0.39 is 55.3 Å². The van der Waals surface area contributed by atoms with E-state index >= 15 is 0 Å². The molecular formula is C22H20ClF3N5O7P. The number of alkyl halides is 3. The van der Waals surface area contributed by atoms with E-state index in [9.17, 15) is 27.3 Å². The molecule has 0 aliphatic carbocycles. The number of aromatic nitrogens is 4. The van der Waals surface area contributed by atoms with Crippen LogP contribution in [0.1, 0.15) is 43.3 Å². The molecular weight excluding hydrogens is 570 g/mol. The minimum Gasteiger partial charge on any atom is -0.449 e. The van der Waals surface area contributed by atoms with Crippen molar-refractivity contribution in [1.29, 1.82) is 5.26 Å². The molecule has 0 spiro atoms. The summed E-state index contributed by atoms with van der Waals surface area (Å²) in [6.45, 7) is 0.949. The third-order valence-corrected chi connectivity index (χ3v) is 5.65. The zero-order valence-corrected chi connectivity index (χ0v) is 22.1. The Balaban J connectivity index is 2.15. The van der Waals surface area contributed by atoms with Gasteiger partial charge >= 0.3 is 7.82 Å². The number of hydrogen-bond donors (Lipinski definition) is 2. The highest BCUT2D eigenvalue weighted by molar-refractivity contribution is 7.46. The molecule has 0 saturated heterocycles. The van der Waals surface area contributed by atoms with E-state index in [1.807, 2.05) is 0 Å². The summed E-state index contributed by atoms with van der Waals surface area (Å²) in [5.41, 5.74) is -6.05. The van der Waals surface area contributed by atoms with Crippen LogP contribution >= 0.6 is 19.4 Å². The second-order valence-corrected chi connectivity index (χ2v) is 10.4. The average molecular weight is 590 g/mol. The fourth-order valence-electron chi connectivity index (χ4n) is 3.19. The molecule has 0 fully saturated rings. The van der Waals surface area contributed by atoms with Crippen LogP contribution in [-0.2, 0) is 34.0 Å². The molecule has 3 rings (SSSR count). The molecule has 0 atom stereocenters. The maximum Gasteiger partial charge on any atom is 0.471 e. The average Bonchev–Trinajstić information content (AvgIpc) is 2.79. The Morgan fingerprint density at radius 2 is 1.79 bits per heavy atom. The lowest BCUT2D eigenvalue weighted by Crippen LogP contribution is -2.34. The molecule has 1 aromatic carbocycles. The molecule has 0 unspecified atom stereocenters. The summed E-state index contributed by atoms with van der Waals surface area (Å²) >= 11 is 5.93. The number of rotatable bonds is 9. The molecule has 0 radical (unpaired) electrons. The smallest absolute Gasteiger partial charge is 0.449 e. The van der Waals surface area contributed by atoms with E-state index in [4.69, 9.17) is 31.4 Å². The van der Waals surface area contributed by atoms with Crippen LogP contribution in [0.5, 0.6) is 11.5 Å². The molecule has 0 amide bonds. The molecule has 0 saturated carbocycles. The van der Waals surface area contributed by atoms with Crippen molar-refractivity contribution >= 4 is 19.4 Å². The van der Waals surface area contributed by atoms with Gasteiger partial charge in [-0.2, -0.15) is 19.1 Å². The van der Waals surface area contributed by atoms with Crippen LogP contribution in [0.25, 0.3) is 0 Å². The van der Waals surface area contributed by atoms with E-state index in [2.05, 4.69) is 14.6 Å². The van der Waals surface area contributed by atoms with Crippen molar-refractivity contribution in [3.8, 4) is 17.6 Å². The van der Waals surface area contributed by atoms with Crippen molar-refractivity contribution in [2.24, 2.45) is 0 Å². The summed E-state index contributed by atoms with van der Waals surface area (Å²) in [7, 11) is -5.04. The maximum atomic E-state index is 14.7. The normalized spacial score (nSPS) is 12.3. The van der Waals surface area contributed by atoms with Crippen LogP contribution in [-0.4, -0.2) is 29.1 Å². The number of halogens is 4. The molecule has 3 aromatic rings. The molecule has 12 nitrogen and oxygen atoms in total. The van der Waals surface area contributed by atoms with Crippen LogP contribution in [0, 0.1) is 11.3 Å².